The normalized spacial score (nSPS) is 23.8. The van der Waals surface area contributed by atoms with Crippen LogP contribution in [-0.2, 0) is 20.3 Å². The van der Waals surface area contributed by atoms with E-state index in [0.717, 1.165) is 10.4 Å². The van der Waals surface area contributed by atoms with Crippen molar-refractivity contribution in [3.63, 3.8) is 0 Å². The molecule has 0 radical (unpaired) electrons. The first-order valence-corrected chi connectivity index (χ1v) is 10.4. The number of hydrogen-bond acceptors (Lipinski definition) is 5. The van der Waals surface area contributed by atoms with Crippen molar-refractivity contribution in [2.75, 3.05) is 18.5 Å². The van der Waals surface area contributed by atoms with Gasteiger partial charge in [0.2, 0.25) is 16.0 Å². The molecule has 11 heteroatoms. The summed E-state index contributed by atoms with van der Waals surface area (Å²) in [6.45, 7) is 6.46. The number of carbonyl (C=O) groups excluding carboxylic acids is 1. The smallest absolute Gasteiger partial charge is 0.437 e. The summed E-state index contributed by atoms with van der Waals surface area (Å²) in [5.74, 6) is -1.37. The standard InChI is InChI=1S/C16H22BrFN4O4S/c1-15(2,3)26-14(23)20-13-21-16(4,8-27(24,25)22(13)5)9-6-12(19)10(17)7-11(9)18/h6-7H,8,19H2,1-5H3,(H,20,21,23)/t16-/m0/s1. The van der Waals surface area contributed by atoms with Gasteiger partial charge in [-0.1, -0.05) is 0 Å². The lowest BCUT2D eigenvalue weighted by Crippen LogP contribution is -2.61. The molecule has 1 aromatic carbocycles. The zero-order chi connectivity index (χ0) is 20.8. The molecule has 0 unspecified atom stereocenters. The number of nitrogen functional groups attached to an aromatic ring is 1. The van der Waals surface area contributed by atoms with Gasteiger partial charge in [0.1, 0.15) is 11.4 Å². The number of carbonyl (C=O) groups is 1. The van der Waals surface area contributed by atoms with Gasteiger partial charge in [0.15, 0.2) is 0 Å². The minimum Gasteiger partial charge on any atom is -0.442 e. The van der Waals surface area contributed by atoms with Gasteiger partial charge < -0.3 is 15.8 Å². The van der Waals surface area contributed by atoms with E-state index < -0.39 is 38.8 Å². The lowest BCUT2D eigenvalue weighted by Gasteiger charge is -2.40. The molecule has 3 N–H and O–H groups in total. The Labute approximate surface area is 166 Å². The summed E-state index contributed by atoms with van der Waals surface area (Å²) >= 11 is 3.13. The van der Waals surface area contributed by atoms with Crippen LogP contribution in [0.15, 0.2) is 21.6 Å². The largest absolute Gasteiger partial charge is 0.442 e. The molecule has 1 fully saturated rings. The highest BCUT2D eigenvalue weighted by Crippen LogP contribution is 2.34. The van der Waals surface area contributed by atoms with Crippen LogP contribution in [0.5, 0.6) is 0 Å². The molecule has 8 nitrogen and oxygen atoms in total. The first-order chi connectivity index (χ1) is 12.1. The van der Waals surface area contributed by atoms with Crippen LogP contribution in [0.1, 0.15) is 33.3 Å². The molecule has 1 aliphatic heterocycles. The third-order valence-corrected chi connectivity index (χ3v) is 6.48. The fraction of sp³-hybridized carbons (Fsp3) is 0.500. The Bertz CT molecular complexity index is 914. The number of sulfonamides is 1. The number of nitrogens with two attached hydrogens (primary N) is 1. The maximum Gasteiger partial charge on any atom is 0.437 e. The van der Waals surface area contributed by atoms with Crippen molar-refractivity contribution >= 4 is 43.7 Å². The van der Waals surface area contributed by atoms with E-state index in [9.17, 15) is 17.6 Å². The van der Waals surface area contributed by atoms with Crippen LogP contribution in [0.4, 0.5) is 14.9 Å². The maximum atomic E-state index is 14.6. The lowest BCUT2D eigenvalue weighted by atomic mass is 9.93. The highest BCUT2D eigenvalue weighted by Gasteiger charge is 2.44. The van der Waals surface area contributed by atoms with Crippen molar-refractivity contribution in [1.29, 1.82) is 0 Å². The van der Waals surface area contributed by atoms with E-state index in [4.69, 9.17) is 10.5 Å². The zero-order valence-corrected chi connectivity index (χ0v) is 18.0. The van der Waals surface area contributed by atoms with Gasteiger partial charge in [0.25, 0.3) is 0 Å². The number of nitrogens with zero attached hydrogens (tertiary/aromatic N) is 2. The van der Waals surface area contributed by atoms with Crippen LogP contribution < -0.4 is 11.1 Å². The summed E-state index contributed by atoms with van der Waals surface area (Å²) in [7, 11) is -2.63. The quantitative estimate of drug-likeness (QED) is 0.617. The van der Waals surface area contributed by atoms with Gasteiger partial charge in [-0.25, -0.2) is 21.9 Å². The Kier molecular flexibility index (Phi) is 5.50. The second kappa shape index (κ2) is 6.93. The molecular formula is C16H22BrFN4O4S. The molecule has 1 heterocycles. The predicted molar refractivity (Wildman–Crippen MR) is 104 cm³/mol. The molecule has 1 aliphatic rings. The molecule has 0 aliphatic carbocycles. The maximum absolute atomic E-state index is 14.6. The number of nitrogens with one attached hydrogen (secondary N) is 1. The number of guanidine groups is 1. The second-order valence-corrected chi connectivity index (χ2v) is 10.3. The van der Waals surface area contributed by atoms with E-state index in [1.807, 2.05) is 0 Å². The Morgan fingerprint density at radius 3 is 2.59 bits per heavy atom. The molecule has 27 heavy (non-hydrogen) atoms. The summed E-state index contributed by atoms with van der Waals surface area (Å²) in [6.07, 6.45) is -0.966. The minimum absolute atomic E-state index is 0.0387. The van der Waals surface area contributed by atoms with Crippen LogP contribution in [-0.4, -0.2) is 43.2 Å². The Morgan fingerprint density at radius 2 is 2.04 bits per heavy atom. The topological polar surface area (TPSA) is 114 Å². The van der Waals surface area contributed by atoms with E-state index in [-0.39, 0.29) is 17.2 Å². The summed E-state index contributed by atoms with van der Waals surface area (Å²) < 4.78 is 46.0. The first kappa shape index (κ1) is 21.4. The third-order valence-electron chi connectivity index (χ3n) is 3.85. The molecule has 0 bridgehead atoms. The van der Waals surface area contributed by atoms with Crippen molar-refractivity contribution in [2.45, 2.75) is 38.8 Å². The Morgan fingerprint density at radius 1 is 1.44 bits per heavy atom. The molecule has 1 aromatic rings. The second-order valence-electron chi connectivity index (χ2n) is 7.45. The Balaban J connectivity index is 2.51. The number of anilines is 1. The van der Waals surface area contributed by atoms with Gasteiger partial charge in [-0.2, -0.15) is 0 Å². The van der Waals surface area contributed by atoms with Crippen molar-refractivity contribution < 1.29 is 22.3 Å². The molecule has 150 valence electrons. The van der Waals surface area contributed by atoms with Crippen LogP contribution >= 0.6 is 15.9 Å². The first-order valence-electron chi connectivity index (χ1n) is 7.96. The lowest BCUT2D eigenvalue weighted by molar-refractivity contribution is 0.0602. The molecule has 0 spiro atoms. The van der Waals surface area contributed by atoms with E-state index in [1.165, 1.54) is 20.0 Å². The molecule has 1 atom stereocenters. The number of ether oxygens (including phenoxy) is 1. The average molecular weight is 465 g/mol. The number of amides is 1. The SMILES string of the molecule is CN1/C(=N\C(=O)OC(C)(C)C)N[C@](C)(c2cc(N)c(Br)cc2F)CS1(=O)=O. The number of aliphatic imine (C=N–C) groups is 1. The number of rotatable bonds is 1. The average Bonchev–Trinajstić information content (AvgIpc) is 2.45. The monoisotopic (exact) mass is 464 g/mol. The molecule has 0 saturated carbocycles. The van der Waals surface area contributed by atoms with Crippen molar-refractivity contribution in [1.82, 2.24) is 9.62 Å². The fourth-order valence-corrected chi connectivity index (χ4v) is 4.37. The van der Waals surface area contributed by atoms with Gasteiger partial charge in [-0.3, -0.25) is 0 Å². The highest BCUT2D eigenvalue weighted by atomic mass is 79.9. The summed E-state index contributed by atoms with van der Waals surface area (Å²) in [5.41, 5.74) is 3.91. The molecular weight excluding hydrogens is 443 g/mol. The highest BCUT2D eigenvalue weighted by molar-refractivity contribution is 9.10. The van der Waals surface area contributed by atoms with Gasteiger partial charge in [-0.05, 0) is 55.8 Å². The van der Waals surface area contributed by atoms with Crippen LogP contribution in [0.25, 0.3) is 0 Å². The zero-order valence-electron chi connectivity index (χ0n) is 15.6. The van der Waals surface area contributed by atoms with E-state index in [2.05, 4.69) is 26.2 Å². The van der Waals surface area contributed by atoms with Crippen molar-refractivity contribution in [3.8, 4) is 0 Å². The minimum atomic E-state index is -3.88. The summed E-state index contributed by atoms with van der Waals surface area (Å²) in [6, 6.07) is 2.51. The molecule has 0 aromatic heterocycles. The number of benzene rings is 1. The third kappa shape index (κ3) is 4.70. The Hall–Kier alpha value is -1.88. The van der Waals surface area contributed by atoms with Crippen LogP contribution in [0.2, 0.25) is 0 Å². The van der Waals surface area contributed by atoms with Gasteiger partial charge in [0, 0.05) is 22.8 Å². The van der Waals surface area contributed by atoms with E-state index in [0.29, 0.717) is 4.47 Å². The van der Waals surface area contributed by atoms with Crippen LogP contribution in [0, 0.1) is 5.82 Å². The van der Waals surface area contributed by atoms with Crippen molar-refractivity contribution in [3.05, 3.63) is 28.0 Å². The van der Waals surface area contributed by atoms with E-state index >= 15 is 0 Å². The van der Waals surface area contributed by atoms with Crippen LogP contribution in [0.3, 0.4) is 0 Å². The number of hydrogen-bond donors (Lipinski definition) is 2. The summed E-state index contributed by atoms with van der Waals surface area (Å²) in [4.78, 5) is 15.7. The van der Waals surface area contributed by atoms with E-state index in [1.54, 1.807) is 20.8 Å². The number of halogens is 2. The van der Waals surface area contributed by atoms with Gasteiger partial charge >= 0.3 is 6.09 Å². The molecule has 1 saturated heterocycles. The van der Waals surface area contributed by atoms with Gasteiger partial charge in [-0.15, -0.1) is 4.99 Å². The summed E-state index contributed by atoms with van der Waals surface area (Å²) in [5, 5.41) is 2.84. The molecule has 2 rings (SSSR count). The van der Waals surface area contributed by atoms with Gasteiger partial charge in [0.05, 0.1) is 11.3 Å². The van der Waals surface area contributed by atoms with Crippen molar-refractivity contribution in [2.24, 2.45) is 4.99 Å². The predicted octanol–water partition coefficient (Wildman–Crippen LogP) is 2.54. The molecule has 1 amide bonds. The fourth-order valence-electron chi connectivity index (χ4n) is 2.56.